The number of fused-ring (bicyclic) bond motifs is 1. The van der Waals surface area contributed by atoms with Crippen molar-refractivity contribution in [1.29, 1.82) is 0 Å². The van der Waals surface area contributed by atoms with Crippen LogP contribution < -0.4 is 16.4 Å². The van der Waals surface area contributed by atoms with Crippen LogP contribution in [0.2, 0.25) is 0 Å². The lowest BCUT2D eigenvalue weighted by atomic mass is 10.0. The monoisotopic (exact) mass is 446 g/mol. The van der Waals surface area contributed by atoms with E-state index in [9.17, 15) is 24.0 Å². The van der Waals surface area contributed by atoms with Gasteiger partial charge in [0.15, 0.2) is 0 Å². The third-order valence-electron chi connectivity index (χ3n) is 4.90. The Hall–Kier alpha value is -3.73. The molecule has 0 radical (unpaired) electrons. The third kappa shape index (κ3) is 7.20. The van der Waals surface area contributed by atoms with Gasteiger partial charge in [0.2, 0.25) is 11.8 Å². The van der Waals surface area contributed by atoms with Crippen molar-refractivity contribution in [2.45, 2.75) is 50.2 Å². The summed E-state index contributed by atoms with van der Waals surface area (Å²) in [5, 5.41) is 23.4. The first-order chi connectivity index (χ1) is 15.2. The average molecular weight is 446 g/mol. The van der Waals surface area contributed by atoms with Gasteiger partial charge in [-0.15, -0.1) is 0 Å². The van der Waals surface area contributed by atoms with Crippen molar-refractivity contribution >= 4 is 40.9 Å². The van der Waals surface area contributed by atoms with Crippen molar-refractivity contribution in [3.05, 3.63) is 36.0 Å². The standard InChI is InChI=1S/C21H26N4O7/c22-15(6-8-19(29)30)20(31)25-17(21(32)24-13(11-26)5-7-18(27)28)9-12-10-23-16-4-2-1-3-14(12)16/h1-4,10-11,13,15,17,23H,5-9,22H2,(H,24,32)(H,25,31)(H,27,28)(H,29,30)/t13-,15-,17-/m0/s1. The predicted octanol–water partition coefficient (Wildman–Crippen LogP) is -0.0642. The second kappa shape index (κ2) is 11.6. The van der Waals surface area contributed by atoms with E-state index in [1.807, 2.05) is 24.3 Å². The summed E-state index contributed by atoms with van der Waals surface area (Å²) >= 11 is 0. The Morgan fingerprint density at radius 2 is 1.66 bits per heavy atom. The third-order valence-corrected chi connectivity index (χ3v) is 4.90. The molecule has 7 N–H and O–H groups in total. The molecule has 3 atom stereocenters. The van der Waals surface area contributed by atoms with Gasteiger partial charge in [0, 0.05) is 36.4 Å². The molecule has 0 fully saturated rings. The van der Waals surface area contributed by atoms with E-state index >= 15 is 0 Å². The van der Waals surface area contributed by atoms with Gasteiger partial charge in [-0.1, -0.05) is 18.2 Å². The number of aldehydes is 1. The first kappa shape index (κ1) is 24.5. The summed E-state index contributed by atoms with van der Waals surface area (Å²) in [6, 6.07) is 4.06. The lowest BCUT2D eigenvalue weighted by Crippen LogP contribution is -2.54. The topological polar surface area (TPSA) is 192 Å². The average Bonchev–Trinajstić information content (AvgIpc) is 3.16. The summed E-state index contributed by atoms with van der Waals surface area (Å²) in [6.07, 6.45) is 1.36. The van der Waals surface area contributed by atoms with Gasteiger partial charge in [-0.2, -0.15) is 0 Å². The van der Waals surface area contributed by atoms with E-state index in [0.717, 1.165) is 16.5 Å². The highest BCUT2D eigenvalue weighted by Crippen LogP contribution is 2.19. The molecule has 11 nitrogen and oxygen atoms in total. The number of carbonyl (C=O) groups is 5. The van der Waals surface area contributed by atoms with Crippen LogP contribution in [0.4, 0.5) is 0 Å². The Morgan fingerprint density at radius 3 is 2.31 bits per heavy atom. The Labute approximate surface area is 183 Å². The van der Waals surface area contributed by atoms with Crippen LogP contribution in [0, 0.1) is 0 Å². The predicted molar refractivity (Wildman–Crippen MR) is 114 cm³/mol. The molecule has 0 aliphatic heterocycles. The highest BCUT2D eigenvalue weighted by atomic mass is 16.4. The number of hydrogen-bond acceptors (Lipinski definition) is 6. The highest BCUT2D eigenvalue weighted by molar-refractivity contribution is 5.92. The quantitative estimate of drug-likeness (QED) is 0.230. The summed E-state index contributed by atoms with van der Waals surface area (Å²) in [4.78, 5) is 61.2. The second-order valence-electron chi connectivity index (χ2n) is 7.35. The molecule has 0 aliphatic carbocycles. The smallest absolute Gasteiger partial charge is 0.303 e. The minimum absolute atomic E-state index is 0.0672. The number of carboxylic acids is 2. The molecule has 0 unspecified atom stereocenters. The summed E-state index contributed by atoms with van der Waals surface area (Å²) < 4.78 is 0. The number of aliphatic carboxylic acids is 2. The number of nitrogens with two attached hydrogens (primary N) is 1. The van der Waals surface area contributed by atoms with Crippen molar-refractivity contribution in [2.24, 2.45) is 5.73 Å². The molecule has 0 spiro atoms. The molecular formula is C21H26N4O7. The molecule has 172 valence electrons. The van der Waals surface area contributed by atoms with E-state index < -0.39 is 41.9 Å². The van der Waals surface area contributed by atoms with Gasteiger partial charge in [-0.3, -0.25) is 19.2 Å². The number of para-hydroxylation sites is 1. The Balaban J connectivity index is 2.18. The van der Waals surface area contributed by atoms with Crippen LogP contribution in [0.25, 0.3) is 10.9 Å². The molecule has 1 heterocycles. The second-order valence-corrected chi connectivity index (χ2v) is 7.35. The maximum atomic E-state index is 12.9. The van der Waals surface area contributed by atoms with Gasteiger partial charge in [-0.25, -0.2) is 0 Å². The van der Waals surface area contributed by atoms with E-state index in [4.69, 9.17) is 15.9 Å². The van der Waals surface area contributed by atoms with Crippen molar-refractivity contribution < 1.29 is 34.2 Å². The molecule has 0 aliphatic rings. The van der Waals surface area contributed by atoms with Gasteiger partial charge in [0.1, 0.15) is 12.3 Å². The summed E-state index contributed by atoms with van der Waals surface area (Å²) in [5.74, 6) is -3.61. The first-order valence-corrected chi connectivity index (χ1v) is 10.0. The van der Waals surface area contributed by atoms with Crippen molar-refractivity contribution in [3.8, 4) is 0 Å². The molecule has 2 rings (SSSR count). The molecule has 0 bridgehead atoms. The van der Waals surface area contributed by atoms with Crippen LogP contribution in [0.1, 0.15) is 31.2 Å². The van der Waals surface area contributed by atoms with Gasteiger partial charge < -0.3 is 36.4 Å². The largest absolute Gasteiger partial charge is 0.481 e. The number of carbonyl (C=O) groups excluding carboxylic acids is 3. The number of amides is 2. The van der Waals surface area contributed by atoms with Gasteiger partial charge in [-0.05, 0) is 24.5 Å². The Kier molecular flexibility index (Phi) is 8.90. The number of H-pyrrole nitrogens is 1. The Morgan fingerprint density at radius 1 is 1.00 bits per heavy atom. The van der Waals surface area contributed by atoms with Gasteiger partial charge >= 0.3 is 11.9 Å². The van der Waals surface area contributed by atoms with Crippen LogP contribution in [-0.2, 0) is 30.4 Å². The molecule has 0 saturated heterocycles. The van der Waals surface area contributed by atoms with Gasteiger partial charge in [0.05, 0.1) is 12.1 Å². The van der Waals surface area contributed by atoms with Crippen LogP contribution >= 0.6 is 0 Å². The first-order valence-electron chi connectivity index (χ1n) is 10.0. The fourth-order valence-corrected chi connectivity index (χ4v) is 3.16. The van der Waals surface area contributed by atoms with E-state index in [1.54, 1.807) is 6.20 Å². The minimum atomic E-state index is -1.14. The summed E-state index contributed by atoms with van der Waals surface area (Å²) in [5.41, 5.74) is 7.31. The fraction of sp³-hybridized carbons (Fsp3) is 0.381. The molecule has 2 aromatic rings. The Bertz CT molecular complexity index is 987. The number of benzene rings is 1. The SMILES string of the molecule is N[C@@H](CCC(=O)O)C(=O)N[C@@H](Cc1c[nH]c2ccccc12)C(=O)N[C@H](C=O)CCC(=O)O. The molecule has 0 saturated carbocycles. The molecule has 1 aromatic heterocycles. The number of hydrogen-bond donors (Lipinski definition) is 6. The van der Waals surface area contributed by atoms with Crippen LogP contribution in [0.3, 0.4) is 0 Å². The summed E-state index contributed by atoms with van der Waals surface area (Å²) in [6.45, 7) is 0. The number of rotatable bonds is 13. The molecule has 2 amide bonds. The van der Waals surface area contributed by atoms with E-state index in [1.165, 1.54) is 0 Å². The normalized spacial score (nSPS) is 13.7. The molecule has 11 heteroatoms. The van der Waals surface area contributed by atoms with Crippen molar-refractivity contribution in [1.82, 2.24) is 15.6 Å². The minimum Gasteiger partial charge on any atom is -0.481 e. The zero-order valence-corrected chi connectivity index (χ0v) is 17.2. The maximum absolute atomic E-state index is 12.9. The number of carboxylic acid groups (broad SMARTS) is 2. The zero-order valence-electron chi connectivity index (χ0n) is 17.2. The van der Waals surface area contributed by atoms with E-state index in [2.05, 4.69) is 15.6 Å². The summed E-state index contributed by atoms with van der Waals surface area (Å²) in [7, 11) is 0. The van der Waals surface area contributed by atoms with Crippen LogP contribution in [0.15, 0.2) is 30.5 Å². The van der Waals surface area contributed by atoms with Crippen molar-refractivity contribution in [3.63, 3.8) is 0 Å². The maximum Gasteiger partial charge on any atom is 0.303 e. The zero-order chi connectivity index (χ0) is 23.7. The van der Waals surface area contributed by atoms with E-state index in [0.29, 0.717) is 6.29 Å². The molecule has 1 aromatic carbocycles. The van der Waals surface area contributed by atoms with E-state index in [-0.39, 0.29) is 32.1 Å². The highest BCUT2D eigenvalue weighted by Gasteiger charge is 2.27. The fourth-order valence-electron chi connectivity index (χ4n) is 3.16. The number of nitrogens with one attached hydrogen (secondary N) is 3. The van der Waals surface area contributed by atoms with Gasteiger partial charge in [0.25, 0.3) is 0 Å². The lowest BCUT2D eigenvalue weighted by molar-refractivity contribution is -0.138. The lowest BCUT2D eigenvalue weighted by Gasteiger charge is -2.22. The number of aromatic nitrogens is 1. The van der Waals surface area contributed by atoms with Crippen LogP contribution in [-0.4, -0.2) is 63.4 Å². The van der Waals surface area contributed by atoms with Crippen molar-refractivity contribution in [2.75, 3.05) is 0 Å². The van der Waals surface area contributed by atoms with Crippen LogP contribution in [0.5, 0.6) is 0 Å². The molecular weight excluding hydrogens is 420 g/mol. The number of aromatic amines is 1. The molecule has 32 heavy (non-hydrogen) atoms.